The van der Waals surface area contributed by atoms with Gasteiger partial charge in [0.1, 0.15) is 12.1 Å². The fourth-order valence-electron chi connectivity index (χ4n) is 2.25. The second-order valence-corrected chi connectivity index (χ2v) is 4.94. The Hall–Kier alpha value is -1.16. The highest BCUT2D eigenvalue weighted by molar-refractivity contribution is 5.46. The number of nitrogens with one attached hydrogen (secondary N) is 1. The molecule has 2 rings (SSSR count). The Labute approximate surface area is 103 Å². The SMILES string of the molecule is CN(C)CCNc1ncnc2c1CCCCC2. The Kier molecular flexibility index (Phi) is 4.31. The number of likely N-dealkylation sites (N-methyl/N-ethyl adjacent to an activating group) is 1. The first-order chi connectivity index (χ1) is 8.27. The molecule has 0 atom stereocenters. The molecule has 0 aliphatic heterocycles. The summed E-state index contributed by atoms with van der Waals surface area (Å²) in [6.45, 7) is 1.97. The molecule has 0 saturated heterocycles. The van der Waals surface area contributed by atoms with Crippen molar-refractivity contribution in [3.05, 3.63) is 17.6 Å². The molecule has 0 bridgehead atoms. The average Bonchev–Trinajstić information content (AvgIpc) is 2.54. The van der Waals surface area contributed by atoms with Crippen molar-refractivity contribution < 1.29 is 0 Å². The van der Waals surface area contributed by atoms with Gasteiger partial charge in [-0.3, -0.25) is 0 Å². The van der Waals surface area contributed by atoms with Crippen LogP contribution in [0.3, 0.4) is 0 Å². The third kappa shape index (κ3) is 3.40. The van der Waals surface area contributed by atoms with Gasteiger partial charge >= 0.3 is 0 Å². The van der Waals surface area contributed by atoms with Gasteiger partial charge in [0.15, 0.2) is 0 Å². The Morgan fingerprint density at radius 1 is 1.18 bits per heavy atom. The van der Waals surface area contributed by atoms with E-state index in [0.717, 1.165) is 31.7 Å². The van der Waals surface area contributed by atoms with Crippen LogP contribution in [0.5, 0.6) is 0 Å². The van der Waals surface area contributed by atoms with Crippen LogP contribution < -0.4 is 5.32 Å². The van der Waals surface area contributed by atoms with Gasteiger partial charge in [0.25, 0.3) is 0 Å². The zero-order valence-electron chi connectivity index (χ0n) is 10.9. The molecule has 0 unspecified atom stereocenters. The van der Waals surface area contributed by atoms with Crippen LogP contribution in [0.1, 0.15) is 30.5 Å². The van der Waals surface area contributed by atoms with Crippen molar-refractivity contribution >= 4 is 5.82 Å². The van der Waals surface area contributed by atoms with E-state index in [9.17, 15) is 0 Å². The van der Waals surface area contributed by atoms with Gasteiger partial charge in [-0.2, -0.15) is 0 Å². The summed E-state index contributed by atoms with van der Waals surface area (Å²) in [5.74, 6) is 1.05. The van der Waals surface area contributed by atoms with Crippen LogP contribution in [0.2, 0.25) is 0 Å². The molecule has 1 heterocycles. The lowest BCUT2D eigenvalue weighted by atomic mass is 10.1. The molecule has 4 nitrogen and oxygen atoms in total. The predicted octanol–water partition coefficient (Wildman–Crippen LogP) is 1.72. The molecule has 0 amide bonds. The van der Waals surface area contributed by atoms with Gasteiger partial charge in [-0.1, -0.05) is 6.42 Å². The minimum absolute atomic E-state index is 0.941. The second-order valence-electron chi connectivity index (χ2n) is 4.94. The monoisotopic (exact) mass is 234 g/mol. The first-order valence-corrected chi connectivity index (χ1v) is 6.48. The van der Waals surface area contributed by atoms with E-state index < -0.39 is 0 Å². The van der Waals surface area contributed by atoms with Gasteiger partial charge in [0.2, 0.25) is 0 Å². The Bertz CT molecular complexity index is 362. The summed E-state index contributed by atoms with van der Waals surface area (Å²) >= 11 is 0. The molecular weight excluding hydrogens is 212 g/mol. The van der Waals surface area contributed by atoms with E-state index in [4.69, 9.17) is 0 Å². The fraction of sp³-hybridized carbons (Fsp3) is 0.692. The molecule has 1 aliphatic rings. The number of aryl methyl sites for hydroxylation is 1. The van der Waals surface area contributed by atoms with Crippen molar-refractivity contribution in [2.45, 2.75) is 32.1 Å². The molecular formula is C13H22N4. The largest absolute Gasteiger partial charge is 0.368 e. The van der Waals surface area contributed by atoms with E-state index in [1.54, 1.807) is 6.33 Å². The Morgan fingerprint density at radius 3 is 2.82 bits per heavy atom. The molecule has 1 aromatic heterocycles. The summed E-state index contributed by atoms with van der Waals surface area (Å²) in [6, 6.07) is 0. The average molecular weight is 234 g/mol. The van der Waals surface area contributed by atoms with Crippen LogP contribution in [0.15, 0.2) is 6.33 Å². The highest BCUT2D eigenvalue weighted by atomic mass is 15.1. The lowest BCUT2D eigenvalue weighted by Gasteiger charge is -2.14. The Balaban J connectivity index is 2.06. The van der Waals surface area contributed by atoms with E-state index in [1.165, 1.54) is 30.5 Å². The lowest BCUT2D eigenvalue weighted by molar-refractivity contribution is 0.425. The summed E-state index contributed by atoms with van der Waals surface area (Å²) in [6.07, 6.45) is 7.78. The summed E-state index contributed by atoms with van der Waals surface area (Å²) in [7, 11) is 4.17. The molecule has 0 radical (unpaired) electrons. The van der Waals surface area contributed by atoms with Crippen LogP contribution in [0, 0.1) is 0 Å². The van der Waals surface area contributed by atoms with Crippen molar-refractivity contribution in [3.8, 4) is 0 Å². The number of anilines is 1. The third-order valence-electron chi connectivity index (χ3n) is 3.23. The number of hydrogen-bond donors (Lipinski definition) is 1. The molecule has 94 valence electrons. The van der Waals surface area contributed by atoms with E-state index in [-0.39, 0.29) is 0 Å². The quantitative estimate of drug-likeness (QED) is 0.805. The molecule has 0 aromatic carbocycles. The molecule has 4 heteroatoms. The minimum atomic E-state index is 0.941. The van der Waals surface area contributed by atoms with Crippen molar-refractivity contribution in [3.63, 3.8) is 0 Å². The van der Waals surface area contributed by atoms with Crippen LogP contribution in [-0.4, -0.2) is 42.1 Å². The van der Waals surface area contributed by atoms with Crippen molar-refractivity contribution in [2.75, 3.05) is 32.5 Å². The summed E-state index contributed by atoms with van der Waals surface area (Å²) in [4.78, 5) is 11.0. The maximum atomic E-state index is 4.42. The standard InChI is InChI=1S/C13H22N4/c1-17(2)9-8-14-13-11-6-4-3-5-7-12(11)15-10-16-13/h10H,3-9H2,1-2H3,(H,14,15,16). The third-order valence-corrected chi connectivity index (χ3v) is 3.23. The maximum Gasteiger partial charge on any atom is 0.132 e. The first kappa shape index (κ1) is 12.3. The second kappa shape index (κ2) is 5.96. The van der Waals surface area contributed by atoms with Crippen molar-refractivity contribution in [1.82, 2.24) is 14.9 Å². The van der Waals surface area contributed by atoms with Gasteiger partial charge in [0, 0.05) is 24.3 Å². The molecule has 1 aliphatic carbocycles. The molecule has 17 heavy (non-hydrogen) atoms. The normalized spacial score (nSPS) is 15.5. The molecule has 1 aromatic rings. The molecule has 0 fully saturated rings. The van der Waals surface area contributed by atoms with Gasteiger partial charge in [-0.25, -0.2) is 9.97 Å². The van der Waals surface area contributed by atoms with E-state index in [1.807, 2.05) is 0 Å². The van der Waals surface area contributed by atoms with Crippen molar-refractivity contribution in [2.24, 2.45) is 0 Å². The van der Waals surface area contributed by atoms with Gasteiger partial charge in [0.05, 0.1) is 0 Å². The zero-order chi connectivity index (χ0) is 12.1. The van der Waals surface area contributed by atoms with Crippen LogP contribution in [0.25, 0.3) is 0 Å². The van der Waals surface area contributed by atoms with E-state index >= 15 is 0 Å². The van der Waals surface area contributed by atoms with E-state index in [2.05, 4.69) is 34.3 Å². The number of rotatable bonds is 4. The Morgan fingerprint density at radius 2 is 2.00 bits per heavy atom. The molecule has 1 N–H and O–H groups in total. The van der Waals surface area contributed by atoms with Crippen LogP contribution in [0.4, 0.5) is 5.82 Å². The van der Waals surface area contributed by atoms with Crippen LogP contribution in [-0.2, 0) is 12.8 Å². The van der Waals surface area contributed by atoms with E-state index in [0.29, 0.717) is 0 Å². The zero-order valence-corrected chi connectivity index (χ0v) is 10.9. The summed E-state index contributed by atoms with van der Waals surface area (Å²) in [5, 5.41) is 3.44. The van der Waals surface area contributed by atoms with Gasteiger partial charge in [-0.05, 0) is 39.8 Å². The highest BCUT2D eigenvalue weighted by Crippen LogP contribution is 2.23. The summed E-state index contributed by atoms with van der Waals surface area (Å²) in [5.41, 5.74) is 2.61. The number of aromatic nitrogens is 2. The lowest BCUT2D eigenvalue weighted by Crippen LogP contribution is -2.22. The van der Waals surface area contributed by atoms with Crippen LogP contribution >= 0.6 is 0 Å². The smallest absolute Gasteiger partial charge is 0.132 e. The molecule has 0 spiro atoms. The fourth-order valence-corrected chi connectivity index (χ4v) is 2.25. The van der Waals surface area contributed by atoms with Crippen molar-refractivity contribution in [1.29, 1.82) is 0 Å². The predicted molar refractivity (Wildman–Crippen MR) is 70.3 cm³/mol. The molecule has 0 saturated carbocycles. The first-order valence-electron chi connectivity index (χ1n) is 6.48. The number of nitrogens with zero attached hydrogens (tertiary/aromatic N) is 3. The van der Waals surface area contributed by atoms with Gasteiger partial charge < -0.3 is 10.2 Å². The topological polar surface area (TPSA) is 41.0 Å². The highest BCUT2D eigenvalue weighted by Gasteiger charge is 2.13. The number of hydrogen-bond acceptors (Lipinski definition) is 4. The maximum absolute atomic E-state index is 4.42. The summed E-state index contributed by atoms with van der Waals surface area (Å²) < 4.78 is 0. The van der Waals surface area contributed by atoms with Gasteiger partial charge in [-0.15, -0.1) is 0 Å². The minimum Gasteiger partial charge on any atom is -0.368 e. The number of fused-ring (bicyclic) bond motifs is 1.